The molecule has 180 valence electrons. The Morgan fingerprint density at radius 1 is 1.06 bits per heavy atom. The van der Waals surface area contributed by atoms with E-state index in [9.17, 15) is 22.4 Å². The summed E-state index contributed by atoms with van der Waals surface area (Å²) in [5.41, 5.74) is 0.717. The fourth-order valence-corrected chi connectivity index (χ4v) is 4.18. The van der Waals surface area contributed by atoms with Crippen molar-refractivity contribution in [2.45, 2.75) is 19.3 Å². The molecule has 0 radical (unpaired) electrons. The number of amides is 1. The van der Waals surface area contributed by atoms with E-state index in [1.807, 2.05) is 0 Å². The molecule has 1 amide bonds. The minimum atomic E-state index is -4.45. The number of ether oxygens (including phenoxy) is 1. The summed E-state index contributed by atoms with van der Waals surface area (Å²) in [5.74, 6) is -0.439. The number of carbonyl (C=O) groups is 1. The fourth-order valence-electron chi connectivity index (χ4n) is 3.16. The molecule has 35 heavy (non-hydrogen) atoms. The van der Waals surface area contributed by atoms with E-state index in [4.69, 9.17) is 16.3 Å². The van der Waals surface area contributed by atoms with Crippen molar-refractivity contribution in [3.05, 3.63) is 105 Å². The van der Waals surface area contributed by atoms with E-state index in [-0.39, 0.29) is 29.4 Å². The van der Waals surface area contributed by atoms with Crippen molar-refractivity contribution in [2.24, 2.45) is 0 Å². The van der Waals surface area contributed by atoms with Gasteiger partial charge in [0.2, 0.25) is 0 Å². The van der Waals surface area contributed by atoms with E-state index in [1.54, 1.807) is 35.7 Å². The summed E-state index contributed by atoms with van der Waals surface area (Å²) in [7, 11) is 0. The minimum absolute atomic E-state index is 0.0295. The summed E-state index contributed by atoms with van der Waals surface area (Å²) in [4.78, 5) is 16.7. The van der Waals surface area contributed by atoms with Crippen LogP contribution in [-0.2, 0) is 19.3 Å². The van der Waals surface area contributed by atoms with Crippen LogP contribution in [0.4, 0.5) is 17.6 Å². The van der Waals surface area contributed by atoms with Gasteiger partial charge < -0.3 is 10.1 Å². The molecule has 1 N–H and O–H groups in total. The lowest BCUT2D eigenvalue weighted by Crippen LogP contribution is -2.23. The quantitative estimate of drug-likeness (QED) is 0.264. The summed E-state index contributed by atoms with van der Waals surface area (Å²) in [6, 6.07) is 16.1. The second-order valence-corrected chi connectivity index (χ2v) is 8.70. The maximum absolute atomic E-state index is 13.9. The lowest BCUT2D eigenvalue weighted by molar-refractivity contribution is -0.137. The molecule has 4 rings (SSSR count). The molecule has 0 bridgehead atoms. The topological polar surface area (TPSA) is 51.2 Å². The van der Waals surface area contributed by atoms with Crippen LogP contribution in [0.15, 0.2) is 72.1 Å². The van der Waals surface area contributed by atoms with Gasteiger partial charge in [0.1, 0.15) is 28.9 Å². The molecule has 0 saturated heterocycles. The van der Waals surface area contributed by atoms with Gasteiger partial charge in [0.15, 0.2) is 0 Å². The predicted octanol–water partition coefficient (Wildman–Crippen LogP) is 7.13. The van der Waals surface area contributed by atoms with E-state index in [2.05, 4.69) is 10.3 Å². The van der Waals surface area contributed by atoms with Gasteiger partial charge in [-0.25, -0.2) is 9.37 Å². The molecule has 0 aliphatic heterocycles. The number of nitrogens with one attached hydrogen (secondary N) is 1. The SMILES string of the molecule is O=C(NCc1cccc(C(F)(F)F)c1)c1csc(-c2ccc(OCc3c(F)cccc3Cl)cc2)n1. The van der Waals surface area contributed by atoms with Gasteiger partial charge in [0.05, 0.1) is 10.6 Å². The Labute approximate surface area is 207 Å². The monoisotopic (exact) mass is 520 g/mol. The van der Waals surface area contributed by atoms with Crippen molar-refractivity contribution in [2.75, 3.05) is 0 Å². The second kappa shape index (κ2) is 10.5. The van der Waals surface area contributed by atoms with Gasteiger partial charge >= 0.3 is 6.18 Å². The van der Waals surface area contributed by atoms with Crippen molar-refractivity contribution in [1.29, 1.82) is 0 Å². The Morgan fingerprint density at radius 3 is 2.51 bits per heavy atom. The summed E-state index contributed by atoms with van der Waals surface area (Å²) in [6.45, 7) is -0.0913. The summed E-state index contributed by atoms with van der Waals surface area (Å²) < 4.78 is 58.0. The maximum Gasteiger partial charge on any atom is 0.416 e. The Morgan fingerprint density at radius 2 is 1.80 bits per heavy atom. The number of halogens is 5. The molecule has 4 nitrogen and oxygen atoms in total. The molecule has 0 aliphatic rings. The van der Waals surface area contributed by atoms with Gasteiger partial charge in [0.25, 0.3) is 5.91 Å². The van der Waals surface area contributed by atoms with Crippen LogP contribution in [-0.4, -0.2) is 10.9 Å². The van der Waals surface area contributed by atoms with Crippen LogP contribution in [0, 0.1) is 5.82 Å². The Hall–Kier alpha value is -3.43. The zero-order valence-electron chi connectivity index (χ0n) is 17.9. The van der Waals surface area contributed by atoms with Gasteiger partial charge in [-0.05, 0) is 54.1 Å². The van der Waals surface area contributed by atoms with E-state index >= 15 is 0 Å². The molecule has 0 fully saturated rings. The normalized spacial score (nSPS) is 11.3. The number of hydrogen-bond acceptors (Lipinski definition) is 4. The molecule has 1 aromatic heterocycles. The van der Waals surface area contributed by atoms with Crippen LogP contribution in [0.1, 0.15) is 27.2 Å². The highest BCUT2D eigenvalue weighted by molar-refractivity contribution is 7.13. The molecule has 3 aromatic carbocycles. The molecule has 10 heteroatoms. The second-order valence-electron chi connectivity index (χ2n) is 7.43. The van der Waals surface area contributed by atoms with Crippen LogP contribution in [0.3, 0.4) is 0 Å². The molecule has 0 spiro atoms. The Balaban J connectivity index is 1.36. The highest BCUT2D eigenvalue weighted by atomic mass is 35.5. The van der Waals surface area contributed by atoms with E-state index in [0.29, 0.717) is 16.3 Å². The molecule has 0 unspecified atom stereocenters. The van der Waals surface area contributed by atoms with Gasteiger partial charge in [-0.15, -0.1) is 11.3 Å². The minimum Gasteiger partial charge on any atom is -0.489 e. The lowest BCUT2D eigenvalue weighted by Gasteiger charge is -2.09. The number of hydrogen-bond donors (Lipinski definition) is 1. The smallest absolute Gasteiger partial charge is 0.416 e. The number of aromatic nitrogens is 1. The number of benzene rings is 3. The number of alkyl halides is 3. The first-order valence-electron chi connectivity index (χ1n) is 10.3. The Kier molecular flexibility index (Phi) is 7.37. The highest BCUT2D eigenvalue weighted by Crippen LogP contribution is 2.30. The molecule has 0 aliphatic carbocycles. The zero-order valence-corrected chi connectivity index (χ0v) is 19.5. The van der Waals surface area contributed by atoms with Gasteiger partial charge in [-0.2, -0.15) is 13.2 Å². The summed E-state index contributed by atoms with van der Waals surface area (Å²) in [5, 5.41) is 5.02. The zero-order chi connectivity index (χ0) is 25.0. The number of carbonyl (C=O) groups excluding carboxylic acids is 1. The molecule has 0 saturated carbocycles. The third kappa shape index (κ3) is 6.17. The van der Waals surface area contributed by atoms with Crippen LogP contribution in [0.5, 0.6) is 5.75 Å². The standard InChI is InChI=1S/C25H17ClF4N2O2S/c26-20-5-2-6-21(27)19(20)13-34-18-9-7-16(8-10-18)24-32-22(14-35-24)23(33)31-12-15-3-1-4-17(11-15)25(28,29)30/h1-11,14H,12-13H2,(H,31,33). The van der Waals surface area contributed by atoms with Crippen LogP contribution in [0.2, 0.25) is 5.02 Å². The summed E-state index contributed by atoms with van der Waals surface area (Å²) >= 11 is 7.26. The first-order valence-corrected chi connectivity index (χ1v) is 11.5. The van der Waals surface area contributed by atoms with Crippen LogP contribution in [0.25, 0.3) is 10.6 Å². The van der Waals surface area contributed by atoms with Crippen molar-refractivity contribution in [1.82, 2.24) is 10.3 Å². The highest BCUT2D eigenvalue weighted by Gasteiger charge is 2.30. The van der Waals surface area contributed by atoms with Gasteiger partial charge in [-0.1, -0.05) is 29.8 Å². The van der Waals surface area contributed by atoms with Crippen molar-refractivity contribution in [3.63, 3.8) is 0 Å². The van der Waals surface area contributed by atoms with Crippen molar-refractivity contribution in [3.8, 4) is 16.3 Å². The largest absolute Gasteiger partial charge is 0.489 e. The van der Waals surface area contributed by atoms with Crippen molar-refractivity contribution < 1.29 is 27.1 Å². The first-order chi connectivity index (χ1) is 16.7. The van der Waals surface area contributed by atoms with E-state index in [1.165, 1.54) is 35.6 Å². The summed E-state index contributed by atoms with van der Waals surface area (Å²) in [6.07, 6.45) is -4.45. The van der Waals surface area contributed by atoms with Crippen LogP contribution < -0.4 is 10.1 Å². The number of thiazole rings is 1. The van der Waals surface area contributed by atoms with Gasteiger partial charge in [0, 0.05) is 23.1 Å². The average Bonchev–Trinajstić information content (AvgIpc) is 3.33. The third-order valence-electron chi connectivity index (χ3n) is 4.99. The molecule has 4 aromatic rings. The first kappa shape index (κ1) is 24.7. The number of nitrogens with zero attached hydrogens (tertiary/aromatic N) is 1. The molecular weight excluding hydrogens is 504 g/mol. The number of rotatable bonds is 7. The van der Waals surface area contributed by atoms with Gasteiger partial charge in [-0.3, -0.25) is 4.79 Å². The fraction of sp³-hybridized carbons (Fsp3) is 0.120. The lowest BCUT2D eigenvalue weighted by atomic mass is 10.1. The van der Waals surface area contributed by atoms with E-state index < -0.39 is 23.5 Å². The van der Waals surface area contributed by atoms with E-state index in [0.717, 1.165) is 17.7 Å². The Bertz CT molecular complexity index is 1320. The van der Waals surface area contributed by atoms with Crippen molar-refractivity contribution >= 4 is 28.8 Å². The van der Waals surface area contributed by atoms with Crippen LogP contribution >= 0.6 is 22.9 Å². The predicted molar refractivity (Wildman–Crippen MR) is 126 cm³/mol. The molecular formula is C25H17ClF4N2O2S. The third-order valence-corrected chi connectivity index (χ3v) is 6.24. The molecule has 1 heterocycles. The molecule has 0 atom stereocenters. The average molecular weight is 521 g/mol. The maximum atomic E-state index is 13.9.